The van der Waals surface area contributed by atoms with Gasteiger partial charge in [0.25, 0.3) is 0 Å². The maximum Gasteiger partial charge on any atom is 0.119 e. The molecule has 1 N–H and O–H groups in total. The van der Waals surface area contributed by atoms with E-state index in [1.807, 2.05) is 42.5 Å². The Morgan fingerprint density at radius 1 is 0.947 bits per heavy atom. The Balaban J connectivity index is 1.71. The quantitative estimate of drug-likeness (QED) is 0.767. The maximum atomic E-state index is 6.08. The molecule has 0 radical (unpaired) electrons. The van der Waals surface area contributed by atoms with Crippen molar-refractivity contribution in [2.24, 2.45) is 0 Å². The lowest BCUT2D eigenvalue weighted by molar-refractivity contribution is 0.315. The van der Waals surface area contributed by atoms with Gasteiger partial charge in [-0.25, -0.2) is 0 Å². The van der Waals surface area contributed by atoms with Crippen LogP contribution in [0.25, 0.3) is 0 Å². The van der Waals surface area contributed by atoms with Crippen LogP contribution in [0.4, 0.5) is 5.69 Å². The van der Waals surface area contributed by atoms with Crippen molar-refractivity contribution in [3.63, 3.8) is 0 Å². The predicted molar refractivity (Wildman–Crippen MR) is 81.5 cm³/mol. The van der Waals surface area contributed by atoms with Gasteiger partial charge in [0, 0.05) is 6.54 Å². The van der Waals surface area contributed by atoms with E-state index in [4.69, 9.17) is 27.9 Å². The van der Waals surface area contributed by atoms with Crippen LogP contribution in [0, 0.1) is 0 Å². The molecule has 0 atom stereocenters. The molecule has 2 nitrogen and oxygen atoms in total. The summed E-state index contributed by atoms with van der Waals surface area (Å²) >= 11 is 12.0. The van der Waals surface area contributed by atoms with Gasteiger partial charge in [0.15, 0.2) is 0 Å². The summed E-state index contributed by atoms with van der Waals surface area (Å²) in [7, 11) is 0. The molecule has 0 unspecified atom stereocenters. The summed E-state index contributed by atoms with van der Waals surface area (Å²) in [6, 6.07) is 15.3. The Morgan fingerprint density at radius 2 is 1.74 bits per heavy atom. The van der Waals surface area contributed by atoms with Crippen molar-refractivity contribution < 1.29 is 4.74 Å². The minimum absolute atomic E-state index is 0.562. The summed E-state index contributed by atoms with van der Waals surface area (Å²) in [6.07, 6.45) is 0.887. The third-order valence-electron chi connectivity index (χ3n) is 2.60. The molecule has 0 bridgehead atoms. The minimum atomic E-state index is 0.562. The van der Waals surface area contributed by atoms with Crippen LogP contribution in [0.1, 0.15) is 6.42 Å². The molecule has 0 amide bonds. The Bertz CT molecular complexity index is 517. The molecule has 0 fully saturated rings. The highest BCUT2D eigenvalue weighted by Gasteiger charge is 2.02. The second-order valence-corrected chi connectivity index (χ2v) is 4.83. The lowest BCUT2D eigenvalue weighted by atomic mass is 10.3. The van der Waals surface area contributed by atoms with Gasteiger partial charge in [-0.3, -0.25) is 0 Å². The first-order chi connectivity index (χ1) is 9.27. The smallest absolute Gasteiger partial charge is 0.119 e. The van der Waals surface area contributed by atoms with Crippen molar-refractivity contribution in [2.75, 3.05) is 18.5 Å². The molecule has 0 aliphatic rings. The summed E-state index contributed by atoms with van der Waals surface area (Å²) in [5, 5.41) is 4.37. The van der Waals surface area contributed by atoms with E-state index in [0.29, 0.717) is 16.7 Å². The van der Waals surface area contributed by atoms with E-state index in [0.717, 1.165) is 24.4 Å². The van der Waals surface area contributed by atoms with Crippen LogP contribution in [-0.2, 0) is 0 Å². The summed E-state index contributed by atoms with van der Waals surface area (Å²) in [4.78, 5) is 0. The standard InChI is InChI=1S/C15H15Cl2NO/c16-13-8-4-9-14(15(13)17)18-10-5-11-19-12-6-2-1-3-7-12/h1-4,6-9,18H,5,10-11H2. The number of halogens is 2. The maximum absolute atomic E-state index is 6.08. The molecule has 19 heavy (non-hydrogen) atoms. The number of anilines is 1. The average molecular weight is 296 g/mol. The SMILES string of the molecule is Clc1cccc(NCCCOc2ccccc2)c1Cl. The number of hydrogen-bond donors (Lipinski definition) is 1. The molecule has 0 spiro atoms. The third kappa shape index (κ3) is 4.34. The van der Waals surface area contributed by atoms with Gasteiger partial charge in [-0.1, -0.05) is 47.5 Å². The Labute approximate surface area is 123 Å². The molecule has 0 aromatic heterocycles. The number of ether oxygens (including phenoxy) is 1. The molecule has 2 aromatic carbocycles. The van der Waals surface area contributed by atoms with Gasteiger partial charge in [-0.2, -0.15) is 0 Å². The van der Waals surface area contributed by atoms with Crippen molar-refractivity contribution in [2.45, 2.75) is 6.42 Å². The van der Waals surface area contributed by atoms with Gasteiger partial charge in [-0.05, 0) is 30.7 Å². The number of para-hydroxylation sites is 1. The van der Waals surface area contributed by atoms with Crippen molar-refractivity contribution in [3.8, 4) is 5.75 Å². The number of rotatable bonds is 6. The van der Waals surface area contributed by atoms with E-state index in [2.05, 4.69) is 5.32 Å². The monoisotopic (exact) mass is 295 g/mol. The Morgan fingerprint density at radius 3 is 2.53 bits per heavy atom. The van der Waals surface area contributed by atoms with Crippen LogP contribution in [0.3, 0.4) is 0 Å². The van der Waals surface area contributed by atoms with Crippen LogP contribution < -0.4 is 10.1 Å². The van der Waals surface area contributed by atoms with E-state index in [1.54, 1.807) is 6.07 Å². The first-order valence-corrected chi connectivity index (χ1v) is 6.88. The van der Waals surface area contributed by atoms with Gasteiger partial charge in [0.2, 0.25) is 0 Å². The fourth-order valence-electron chi connectivity index (χ4n) is 1.64. The second-order valence-electron chi connectivity index (χ2n) is 4.04. The van der Waals surface area contributed by atoms with Gasteiger partial charge in [0.05, 0.1) is 22.3 Å². The average Bonchev–Trinajstić information content (AvgIpc) is 2.44. The third-order valence-corrected chi connectivity index (χ3v) is 3.42. The van der Waals surface area contributed by atoms with Gasteiger partial charge in [0.1, 0.15) is 5.75 Å². The van der Waals surface area contributed by atoms with Crippen LogP contribution >= 0.6 is 23.2 Å². The summed E-state index contributed by atoms with van der Waals surface area (Å²) in [6.45, 7) is 1.45. The molecule has 0 aliphatic carbocycles. The first-order valence-electron chi connectivity index (χ1n) is 6.13. The molecular weight excluding hydrogens is 281 g/mol. The van der Waals surface area contributed by atoms with Gasteiger partial charge >= 0.3 is 0 Å². The van der Waals surface area contributed by atoms with Gasteiger partial charge in [-0.15, -0.1) is 0 Å². The van der Waals surface area contributed by atoms with Crippen LogP contribution in [0.15, 0.2) is 48.5 Å². The summed E-state index contributed by atoms with van der Waals surface area (Å²) < 4.78 is 5.60. The predicted octanol–water partition coefficient (Wildman–Crippen LogP) is 4.87. The zero-order valence-corrected chi connectivity index (χ0v) is 11.9. The first kappa shape index (κ1) is 14.0. The molecule has 2 rings (SSSR count). The molecule has 0 heterocycles. The zero-order chi connectivity index (χ0) is 13.5. The van der Waals surface area contributed by atoms with Crippen LogP contribution in [0.2, 0.25) is 10.0 Å². The summed E-state index contributed by atoms with van der Waals surface area (Å²) in [5.41, 5.74) is 0.855. The molecule has 100 valence electrons. The Hall–Kier alpha value is -1.38. The molecular formula is C15H15Cl2NO. The largest absolute Gasteiger partial charge is 0.494 e. The number of hydrogen-bond acceptors (Lipinski definition) is 2. The number of benzene rings is 2. The van der Waals surface area contributed by atoms with Crippen molar-refractivity contribution in [1.29, 1.82) is 0 Å². The lowest BCUT2D eigenvalue weighted by Crippen LogP contribution is -2.07. The van der Waals surface area contributed by atoms with Crippen molar-refractivity contribution in [1.82, 2.24) is 0 Å². The highest BCUT2D eigenvalue weighted by Crippen LogP contribution is 2.29. The minimum Gasteiger partial charge on any atom is -0.494 e. The van der Waals surface area contributed by atoms with E-state index < -0.39 is 0 Å². The topological polar surface area (TPSA) is 21.3 Å². The highest BCUT2D eigenvalue weighted by molar-refractivity contribution is 6.43. The number of nitrogens with one attached hydrogen (secondary N) is 1. The van der Waals surface area contributed by atoms with E-state index in [-0.39, 0.29) is 0 Å². The summed E-state index contributed by atoms with van der Waals surface area (Å²) in [5.74, 6) is 0.892. The van der Waals surface area contributed by atoms with E-state index >= 15 is 0 Å². The molecule has 0 saturated heterocycles. The van der Waals surface area contributed by atoms with Crippen LogP contribution in [-0.4, -0.2) is 13.2 Å². The van der Waals surface area contributed by atoms with Crippen molar-refractivity contribution >= 4 is 28.9 Å². The molecule has 0 saturated carbocycles. The van der Waals surface area contributed by atoms with Gasteiger partial charge < -0.3 is 10.1 Å². The van der Waals surface area contributed by atoms with E-state index in [9.17, 15) is 0 Å². The molecule has 0 aliphatic heterocycles. The normalized spacial score (nSPS) is 10.2. The zero-order valence-electron chi connectivity index (χ0n) is 10.4. The lowest BCUT2D eigenvalue weighted by Gasteiger charge is -2.10. The fourth-order valence-corrected chi connectivity index (χ4v) is 2.01. The second kappa shape index (κ2) is 7.27. The Kier molecular flexibility index (Phi) is 5.37. The van der Waals surface area contributed by atoms with Crippen molar-refractivity contribution in [3.05, 3.63) is 58.6 Å². The van der Waals surface area contributed by atoms with Crippen LogP contribution in [0.5, 0.6) is 5.75 Å². The molecule has 2 aromatic rings. The fraction of sp³-hybridized carbons (Fsp3) is 0.200. The van der Waals surface area contributed by atoms with E-state index in [1.165, 1.54) is 0 Å². The highest BCUT2D eigenvalue weighted by atomic mass is 35.5. The molecule has 4 heteroatoms.